The smallest absolute Gasteiger partial charge is 0.123 e. The van der Waals surface area contributed by atoms with E-state index in [-0.39, 0.29) is 0 Å². The highest BCUT2D eigenvalue weighted by Gasteiger charge is 2.32. The van der Waals surface area contributed by atoms with Gasteiger partial charge in [-0.25, -0.2) is 0 Å². The molecule has 1 unspecified atom stereocenters. The van der Waals surface area contributed by atoms with Crippen LogP contribution < -0.4 is 0 Å². The van der Waals surface area contributed by atoms with E-state index < -0.39 is 0 Å². The summed E-state index contributed by atoms with van der Waals surface area (Å²) in [4.78, 5) is 0. The Hall–Kier alpha value is -1.76. The Labute approximate surface area is 134 Å². The van der Waals surface area contributed by atoms with Crippen molar-refractivity contribution in [1.29, 1.82) is 0 Å². The predicted molar refractivity (Wildman–Crippen MR) is 93.1 cm³/mol. The third-order valence-electron chi connectivity index (χ3n) is 4.96. The van der Waals surface area contributed by atoms with E-state index in [1.165, 1.54) is 24.8 Å². The van der Waals surface area contributed by atoms with Crippen LogP contribution in [-0.2, 0) is 0 Å². The highest BCUT2D eigenvalue weighted by atomic mass is 16.3. The maximum absolute atomic E-state index is 10.2. The monoisotopic (exact) mass is 294 g/mol. The summed E-state index contributed by atoms with van der Waals surface area (Å²) in [7, 11) is 0. The highest BCUT2D eigenvalue weighted by molar-refractivity contribution is 5.70. The van der Waals surface area contributed by atoms with Crippen molar-refractivity contribution in [2.45, 2.75) is 46.0 Å². The Morgan fingerprint density at radius 1 is 1.00 bits per heavy atom. The van der Waals surface area contributed by atoms with E-state index >= 15 is 0 Å². The fraction of sp³-hybridized carbons (Fsp3) is 0.429. The molecular weight excluding hydrogens is 268 g/mol. The molecule has 0 spiro atoms. The second-order valence-corrected chi connectivity index (χ2v) is 7.75. The van der Waals surface area contributed by atoms with Crippen molar-refractivity contribution in [2.24, 2.45) is 11.3 Å². The summed E-state index contributed by atoms with van der Waals surface area (Å²) in [6.07, 6.45) is 3.80. The summed E-state index contributed by atoms with van der Waals surface area (Å²) in [6.45, 7) is 7.13. The molecule has 1 nitrogen and oxygen atoms in total. The minimum atomic E-state index is 0.373. The van der Waals surface area contributed by atoms with Gasteiger partial charge in [0.15, 0.2) is 0 Å². The lowest BCUT2D eigenvalue weighted by atomic mass is 9.66. The summed E-state index contributed by atoms with van der Waals surface area (Å²) < 4.78 is 0. The average Bonchev–Trinajstić information content (AvgIpc) is 2.46. The van der Waals surface area contributed by atoms with Crippen LogP contribution in [0.25, 0.3) is 11.1 Å². The molecule has 1 aliphatic carbocycles. The molecule has 0 bridgehead atoms. The topological polar surface area (TPSA) is 20.2 Å². The van der Waals surface area contributed by atoms with Gasteiger partial charge in [0.2, 0.25) is 0 Å². The highest BCUT2D eigenvalue weighted by Crippen LogP contribution is 2.47. The van der Waals surface area contributed by atoms with E-state index in [0.717, 1.165) is 17.0 Å². The average molecular weight is 294 g/mol. The zero-order valence-corrected chi connectivity index (χ0v) is 13.8. The summed E-state index contributed by atoms with van der Waals surface area (Å²) >= 11 is 0. The van der Waals surface area contributed by atoms with Crippen LogP contribution in [0.4, 0.5) is 0 Å². The van der Waals surface area contributed by atoms with E-state index in [2.05, 4.69) is 45.0 Å². The lowest BCUT2D eigenvalue weighted by molar-refractivity contribution is 0.168. The molecule has 3 rings (SSSR count). The van der Waals surface area contributed by atoms with Crippen LogP contribution in [0.15, 0.2) is 48.5 Å². The van der Waals surface area contributed by atoms with Crippen molar-refractivity contribution in [3.63, 3.8) is 0 Å². The Kier molecular flexibility index (Phi) is 3.99. The van der Waals surface area contributed by atoms with Gasteiger partial charge in [-0.05, 0) is 59.8 Å². The van der Waals surface area contributed by atoms with Gasteiger partial charge in [-0.2, -0.15) is 0 Å². The number of benzene rings is 2. The first-order valence-electron chi connectivity index (χ1n) is 8.33. The minimum absolute atomic E-state index is 0.373. The maximum atomic E-state index is 10.2. The molecule has 2 aromatic rings. The molecule has 1 saturated carbocycles. The molecule has 116 valence electrons. The molecule has 0 saturated heterocycles. The Bertz CT molecular complexity index is 642. The van der Waals surface area contributed by atoms with E-state index in [9.17, 15) is 5.11 Å². The first kappa shape index (κ1) is 15.1. The Morgan fingerprint density at radius 3 is 2.41 bits per heavy atom. The standard InChI is InChI=1S/C21H26O/c1-15-11-18(14-21(2,3)13-15)17-9-10-20(22)19(12-17)16-7-5-4-6-8-16/h4-10,12,15,18,22H,11,13-14H2,1-3H3/t15?,18-/m0/s1. The second kappa shape index (κ2) is 5.79. The fourth-order valence-electron chi connectivity index (χ4n) is 4.26. The second-order valence-electron chi connectivity index (χ2n) is 7.75. The number of hydrogen-bond acceptors (Lipinski definition) is 1. The van der Waals surface area contributed by atoms with Crippen LogP contribution in [0.5, 0.6) is 5.75 Å². The Morgan fingerprint density at radius 2 is 1.73 bits per heavy atom. The largest absolute Gasteiger partial charge is 0.507 e. The molecule has 0 heterocycles. The van der Waals surface area contributed by atoms with E-state index in [1.807, 2.05) is 24.3 Å². The number of phenolic OH excluding ortho intramolecular Hbond substituents is 1. The predicted octanol–water partition coefficient (Wildman–Crippen LogP) is 5.99. The molecule has 2 aromatic carbocycles. The Balaban J connectivity index is 1.96. The number of rotatable bonds is 2. The van der Waals surface area contributed by atoms with Crippen molar-refractivity contribution >= 4 is 0 Å². The summed E-state index contributed by atoms with van der Waals surface area (Å²) in [6, 6.07) is 16.3. The zero-order chi connectivity index (χ0) is 15.7. The van der Waals surface area contributed by atoms with E-state index in [1.54, 1.807) is 0 Å². The molecule has 0 amide bonds. The van der Waals surface area contributed by atoms with Gasteiger partial charge in [-0.1, -0.05) is 57.2 Å². The normalized spacial score (nSPS) is 24.1. The van der Waals surface area contributed by atoms with Gasteiger partial charge in [-0.15, -0.1) is 0 Å². The minimum Gasteiger partial charge on any atom is -0.507 e. The van der Waals surface area contributed by atoms with E-state index in [0.29, 0.717) is 17.1 Å². The SMILES string of the molecule is CC1C[C@H](c2ccc(O)c(-c3ccccc3)c2)CC(C)(C)C1. The van der Waals surface area contributed by atoms with Gasteiger partial charge in [0.1, 0.15) is 5.75 Å². The molecule has 1 aliphatic rings. The molecule has 0 aromatic heterocycles. The number of aromatic hydroxyl groups is 1. The molecular formula is C21H26O. The van der Waals surface area contributed by atoms with Crippen LogP contribution in [0.2, 0.25) is 0 Å². The summed E-state index contributed by atoms with van der Waals surface area (Å²) in [5, 5.41) is 10.2. The van der Waals surface area contributed by atoms with Crippen LogP contribution in [0.1, 0.15) is 51.5 Å². The van der Waals surface area contributed by atoms with Crippen LogP contribution in [0.3, 0.4) is 0 Å². The van der Waals surface area contributed by atoms with Gasteiger partial charge in [0.25, 0.3) is 0 Å². The van der Waals surface area contributed by atoms with Crippen molar-refractivity contribution in [3.8, 4) is 16.9 Å². The quantitative estimate of drug-likeness (QED) is 0.721. The third-order valence-corrected chi connectivity index (χ3v) is 4.96. The lowest BCUT2D eigenvalue weighted by Gasteiger charge is -2.39. The van der Waals surface area contributed by atoms with Gasteiger partial charge in [0.05, 0.1) is 0 Å². The molecule has 22 heavy (non-hydrogen) atoms. The van der Waals surface area contributed by atoms with Gasteiger partial charge in [0, 0.05) is 5.56 Å². The first-order valence-corrected chi connectivity index (χ1v) is 8.33. The summed E-state index contributed by atoms with van der Waals surface area (Å²) in [5.41, 5.74) is 3.82. The fourth-order valence-corrected chi connectivity index (χ4v) is 4.26. The number of hydrogen-bond donors (Lipinski definition) is 1. The molecule has 2 atom stereocenters. The van der Waals surface area contributed by atoms with Crippen LogP contribution >= 0.6 is 0 Å². The molecule has 0 radical (unpaired) electrons. The first-order chi connectivity index (χ1) is 10.4. The third kappa shape index (κ3) is 3.19. The molecule has 1 fully saturated rings. The van der Waals surface area contributed by atoms with Gasteiger partial charge in [-0.3, -0.25) is 0 Å². The van der Waals surface area contributed by atoms with Crippen molar-refractivity contribution in [1.82, 2.24) is 0 Å². The van der Waals surface area contributed by atoms with Crippen LogP contribution in [-0.4, -0.2) is 5.11 Å². The van der Waals surface area contributed by atoms with Gasteiger partial charge < -0.3 is 5.11 Å². The van der Waals surface area contributed by atoms with Crippen molar-refractivity contribution in [3.05, 3.63) is 54.1 Å². The van der Waals surface area contributed by atoms with E-state index in [4.69, 9.17) is 0 Å². The van der Waals surface area contributed by atoms with Crippen molar-refractivity contribution in [2.75, 3.05) is 0 Å². The molecule has 0 aliphatic heterocycles. The maximum Gasteiger partial charge on any atom is 0.123 e. The summed E-state index contributed by atoms with van der Waals surface area (Å²) in [5.74, 6) is 1.74. The lowest BCUT2D eigenvalue weighted by Crippen LogP contribution is -2.26. The molecule has 1 N–H and O–H groups in total. The molecule has 1 heteroatoms. The number of phenols is 1. The van der Waals surface area contributed by atoms with Gasteiger partial charge >= 0.3 is 0 Å². The zero-order valence-electron chi connectivity index (χ0n) is 13.8. The van der Waals surface area contributed by atoms with Crippen molar-refractivity contribution < 1.29 is 5.11 Å². The van der Waals surface area contributed by atoms with Crippen LogP contribution in [0, 0.1) is 11.3 Å².